The minimum absolute atomic E-state index is 0. The van der Waals surface area contributed by atoms with Gasteiger partial charge in [-0.05, 0) is 30.0 Å². The summed E-state index contributed by atoms with van der Waals surface area (Å²) in [5, 5.41) is 10.9. The van der Waals surface area contributed by atoms with Gasteiger partial charge in [0.15, 0.2) is 5.96 Å². The first kappa shape index (κ1) is 22.4. The van der Waals surface area contributed by atoms with Crippen LogP contribution in [0.2, 0.25) is 0 Å². The molecular formula is C19H30IN5O. The summed E-state index contributed by atoms with van der Waals surface area (Å²) >= 11 is 0. The maximum Gasteiger partial charge on any atom is 0.191 e. The van der Waals surface area contributed by atoms with Gasteiger partial charge >= 0.3 is 0 Å². The van der Waals surface area contributed by atoms with Crippen LogP contribution < -0.4 is 10.6 Å². The lowest BCUT2D eigenvalue weighted by molar-refractivity contribution is 0.121. The molecule has 1 aromatic carbocycles. The molecule has 0 aliphatic rings. The van der Waals surface area contributed by atoms with E-state index in [1.165, 1.54) is 11.1 Å². The molecule has 0 atom stereocenters. The number of nitrogens with one attached hydrogen (secondary N) is 2. The van der Waals surface area contributed by atoms with Crippen molar-refractivity contribution in [2.24, 2.45) is 4.99 Å². The van der Waals surface area contributed by atoms with Crippen LogP contribution in [0.5, 0.6) is 0 Å². The fourth-order valence-electron chi connectivity index (χ4n) is 2.48. The molecular weight excluding hydrogens is 441 g/mol. The Bertz CT molecular complexity index is 631. The molecule has 1 aromatic heterocycles. The first-order valence-electron chi connectivity index (χ1n) is 8.90. The predicted octanol–water partition coefficient (Wildman–Crippen LogP) is 3.18. The summed E-state index contributed by atoms with van der Waals surface area (Å²) in [4.78, 5) is 4.28. The van der Waals surface area contributed by atoms with Crippen molar-refractivity contribution in [3.8, 4) is 0 Å². The zero-order valence-corrected chi connectivity index (χ0v) is 18.0. The number of hydrogen-bond donors (Lipinski definition) is 2. The van der Waals surface area contributed by atoms with Gasteiger partial charge in [-0.1, -0.05) is 31.2 Å². The largest absolute Gasteiger partial charge is 0.377 e. The Labute approximate surface area is 173 Å². The van der Waals surface area contributed by atoms with Gasteiger partial charge in [0.1, 0.15) is 0 Å². The molecule has 0 fully saturated rings. The Kier molecular flexibility index (Phi) is 11.7. The number of guanidine groups is 1. The van der Waals surface area contributed by atoms with E-state index in [0.29, 0.717) is 6.61 Å². The summed E-state index contributed by atoms with van der Waals surface area (Å²) in [6, 6.07) is 10.3. The number of benzene rings is 1. The van der Waals surface area contributed by atoms with E-state index in [-0.39, 0.29) is 24.0 Å². The summed E-state index contributed by atoms with van der Waals surface area (Å²) in [5.74, 6) is 0.810. The fourth-order valence-corrected chi connectivity index (χ4v) is 2.48. The van der Waals surface area contributed by atoms with E-state index in [4.69, 9.17) is 4.74 Å². The predicted molar refractivity (Wildman–Crippen MR) is 117 cm³/mol. The number of halogens is 1. The van der Waals surface area contributed by atoms with Crippen molar-refractivity contribution in [2.75, 3.05) is 20.2 Å². The van der Waals surface area contributed by atoms with Gasteiger partial charge in [0.25, 0.3) is 0 Å². The standard InChI is InChI=1S/C19H29N5O.HI/c1-3-14-25-16-18-9-5-4-8-17(18)15-22-19(20-2)21-10-6-12-24-13-7-11-23-24;/h4-5,7-9,11,13H,3,6,10,12,14-16H2,1-2H3,(H2,20,21,22);1H. The molecule has 2 aromatic rings. The molecule has 2 rings (SSSR count). The lowest BCUT2D eigenvalue weighted by atomic mass is 10.1. The van der Waals surface area contributed by atoms with Gasteiger partial charge < -0.3 is 15.4 Å². The summed E-state index contributed by atoms with van der Waals surface area (Å²) < 4.78 is 7.61. The van der Waals surface area contributed by atoms with E-state index in [2.05, 4.69) is 51.9 Å². The number of aryl methyl sites for hydroxylation is 1. The number of aliphatic imine (C=N–C) groups is 1. The van der Waals surface area contributed by atoms with Gasteiger partial charge in [0, 0.05) is 45.7 Å². The Balaban J connectivity index is 0.00000338. The molecule has 0 spiro atoms. The Morgan fingerprint density at radius 3 is 2.69 bits per heavy atom. The molecule has 0 radical (unpaired) electrons. The average molecular weight is 471 g/mol. The second-order valence-electron chi connectivity index (χ2n) is 5.80. The highest BCUT2D eigenvalue weighted by Crippen LogP contribution is 2.10. The second kappa shape index (κ2) is 13.6. The molecule has 2 N–H and O–H groups in total. The van der Waals surface area contributed by atoms with Crippen LogP contribution >= 0.6 is 24.0 Å². The van der Waals surface area contributed by atoms with Crippen LogP contribution in [0.25, 0.3) is 0 Å². The van der Waals surface area contributed by atoms with Crippen molar-refractivity contribution in [3.05, 3.63) is 53.9 Å². The molecule has 1 heterocycles. The molecule has 0 amide bonds. The fraction of sp³-hybridized carbons (Fsp3) is 0.474. The van der Waals surface area contributed by atoms with Crippen molar-refractivity contribution >= 4 is 29.9 Å². The maximum absolute atomic E-state index is 5.68. The van der Waals surface area contributed by atoms with Gasteiger partial charge in [-0.25, -0.2) is 0 Å². The van der Waals surface area contributed by atoms with E-state index in [1.807, 2.05) is 16.9 Å². The van der Waals surface area contributed by atoms with Crippen LogP contribution in [0.1, 0.15) is 30.9 Å². The third kappa shape index (κ3) is 8.18. The second-order valence-corrected chi connectivity index (χ2v) is 5.80. The first-order chi connectivity index (χ1) is 12.3. The Hall–Kier alpha value is -1.61. The van der Waals surface area contributed by atoms with Gasteiger partial charge in [0.05, 0.1) is 6.61 Å². The summed E-state index contributed by atoms with van der Waals surface area (Å²) in [6.45, 7) is 6.04. The Morgan fingerprint density at radius 2 is 2.00 bits per heavy atom. The van der Waals surface area contributed by atoms with Crippen LogP contribution in [-0.4, -0.2) is 35.9 Å². The van der Waals surface area contributed by atoms with Gasteiger partial charge in [-0.2, -0.15) is 5.10 Å². The molecule has 0 saturated carbocycles. The molecule has 0 aliphatic heterocycles. The number of rotatable bonds is 10. The third-order valence-electron chi connectivity index (χ3n) is 3.81. The van der Waals surface area contributed by atoms with Crippen LogP contribution in [-0.2, 0) is 24.4 Å². The minimum Gasteiger partial charge on any atom is -0.377 e. The van der Waals surface area contributed by atoms with Gasteiger partial charge in [0.2, 0.25) is 0 Å². The van der Waals surface area contributed by atoms with E-state index in [0.717, 1.165) is 45.0 Å². The highest BCUT2D eigenvalue weighted by Gasteiger charge is 2.04. The van der Waals surface area contributed by atoms with Gasteiger partial charge in [-0.3, -0.25) is 9.67 Å². The molecule has 0 saturated heterocycles. The minimum atomic E-state index is 0. The third-order valence-corrected chi connectivity index (χ3v) is 3.81. The van der Waals surface area contributed by atoms with E-state index < -0.39 is 0 Å². The van der Waals surface area contributed by atoms with Crippen molar-refractivity contribution < 1.29 is 4.74 Å². The van der Waals surface area contributed by atoms with Crippen LogP contribution in [0.4, 0.5) is 0 Å². The van der Waals surface area contributed by atoms with Crippen LogP contribution in [0.15, 0.2) is 47.7 Å². The Morgan fingerprint density at radius 1 is 1.19 bits per heavy atom. The van der Waals surface area contributed by atoms with Crippen LogP contribution in [0, 0.1) is 0 Å². The van der Waals surface area contributed by atoms with E-state index >= 15 is 0 Å². The SMILES string of the molecule is CCCOCc1ccccc1CNC(=NC)NCCCn1cccn1.I. The van der Waals surface area contributed by atoms with Gasteiger partial charge in [-0.15, -0.1) is 24.0 Å². The monoisotopic (exact) mass is 471 g/mol. The number of ether oxygens (including phenoxy) is 1. The topological polar surface area (TPSA) is 63.5 Å². The lowest BCUT2D eigenvalue weighted by Crippen LogP contribution is -2.37. The molecule has 7 heteroatoms. The molecule has 0 bridgehead atoms. The van der Waals surface area contributed by atoms with Crippen molar-refractivity contribution in [1.82, 2.24) is 20.4 Å². The number of aromatic nitrogens is 2. The van der Waals surface area contributed by atoms with Crippen molar-refractivity contribution in [1.29, 1.82) is 0 Å². The lowest BCUT2D eigenvalue weighted by Gasteiger charge is -2.14. The summed E-state index contributed by atoms with van der Waals surface area (Å²) in [7, 11) is 1.79. The summed E-state index contributed by atoms with van der Waals surface area (Å²) in [6.07, 6.45) is 5.81. The maximum atomic E-state index is 5.68. The molecule has 6 nitrogen and oxygen atoms in total. The normalized spacial score (nSPS) is 11.1. The molecule has 144 valence electrons. The van der Waals surface area contributed by atoms with Crippen molar-refractivity contribution in [3.63, 3.8) is 0 Å². The van der Waals surface area contributed by atoms with E-state index in [9.17, 15) is 0 Å². The molecule has 0 unspecified atom stereocenters. The van der Waals surface area contributed by atoms with Crippen molar-refractivity contribution in [2.45, 2.75) is 39.5 Å². The zero-order valence-electron chi connectivity index (χ0n) is 15.6. The number of nitrogens with zero attached hydrogens (tertiary/aromatic N) is 3. The quantitative estimate of drug-likeness (QED) is 0.242. The smallest absolute Gasteiger partial charge is 0.191 e. The average Bonchev–Trinajstić information content (AvgIpc) is 3.16. The molecule has 26 heavy (non-hydrogen) atoms. The first-order valence-corrected chi connectivity index (χ1v) is 8.90. The highest BCUT2D eigenvalue weighted by atomic mass is 127. The highest BCUT2D eigenvalue weighted by molar-refractivity contribution is 14.0. The number of hydrogen-bond acceptors (Lipinski definition) is 3. The van der Waals surface area contributed by atoms with E-state index in [1.54, 1.807) is 13.2 Å². The summed E-state index contributed by atoms with van der Waals surface area (Å²) in [5.41, 5.74) is 2.45. The zero-order chi connectivity index (χ0) is 17.7. The molecule has 0 aliphatic carbocycles. The van der Waals surface area contributed by atoms with Crippen LogP contribution in [0.3, 0.4) is 0 Å².